The fourth-order valence-corrected chi connectivity index (χ4v) is 3.52. The van der Waals surface area contributed by atoms with E-state index in [9.17, 15) is 0 Å². The van der Waals surface area contributed by atoms with Gasteiger partial charge in [0.2, 0.25) is 5.95 Å². The van der Waals surface area contributed by atoms with Gasteiger partial charge in [-0.05, 0) is 31.4 Å². The summed E-state index contributed by atoms with van der Waals surface area (Å²) >= 11 is 0. The predicted molar refractivity (Wildman–Crippen MR) is 98.7 cm³/mol. The molecule has 1 aliphatic heterocycles. The van der Waals surface area contributed by atoms with Gasteiger partial charge in [-0.2, -0.15) is 0 Å². The third-order valence-corrected chi connectivity index (χ3v) is 4.87. The van der Waals surface area contributed by atoms with Gasteiger partial charge in [0.05, 0.1) is 0 Å². The molecule has 0 radical (unpaired) electrons. The minimum Gasteiger partial charge on any atom is -0.341 e. The van der Waals surface area contributed by atoms with Crippen LogP contribution in [0.3, 0.4) is 0 Å². The number of aryl methyl sites for hydroxylation is 1. The van der Waals surface area contributed by atoms with Crippen LogP contribution in [-0.2, 0) is 6.54 Å². The first-order valence-electron chi connectivity index (χ1n) is 8.89. The molecule has 1 saturated heterocycles. The number of nitrogens with zero attached hydrogens (tertiary/aromatic N) is 5. The first-order valence-corrected chi connectivity index (χ1v) is 8.89. The Balaban J connectivity index is 1.44. The standard InChI is InChI=1S/C20H23N5/c1-16-7-10-22-20(23-16)24-12-8-18(9-13-24)19-21-11-14-25(19)15-17-5-3-2-4-6-17/h2-7,10-11,14,18H,8-9,12-13,15H2,1H3. The van der Waals surface area contributed by atoms with Crippen LogP contribution < -0.4 is 4.90 Å². The molecule has 0 bridgehead atoms. The molecular formula is C20H23N5. The molecule has 25 heavy (non-hydrogen) atoms. The number of hydrogen-bond acceptors (Lipinski definition) is 4. The average Bonchev–Trinajstić information content (AvgIpc) is 3.11. The Bertz CT molecular complexity index is 819. The van der Waals surface area contributed by atoms with E-state index in [0.717, 1.165) is 44.1 Å². The molecule has 1 fully saturated rings. The number of benzene rings is 1. The smallest absolute Gasteiger partial charge is 0.225 e. The molecule has 5 nitrogen and oxygen atoms in total. The van der Waals surface area contributed by atoms with Crippen molar-refractivity contribution in [1.29, 1.82) is 0 Å². The highest BCUT2D eigenvalue weighted by Gasteiger charge is 2.25. The van der Waals surface area contributed by atoms with Gasteiger partial charge < -0.3 is 9.47 Å². The zero-order valence-electron chi connectivity index (χ0n) is 14.5. The maximum atomic E-state index is 4.66. The fourth-order valence-electron chi connectivity index (χ4n) is 3.52. The van der Waals surface area contributed by atoms with Crippen molar-refractivity contribution in [3.8, 4) is 0 Å². The van der Waals surface area contributed by atoms with Gasteiger partial charge in [0.15, 0.2) is 0 Å². The Morgan fingerprint density at radius 2 is 1.80 bits per heavy atom. The van der Waals surface area contributed by atoms with Crippen LogP contribution in [0.15, 0.2) is 55.0 Å². The Kier molecular flexibility index (Phi) is 4.46. The molecule has 4 rings (SSSR count). The summed E-state index contributed by atoms with van der Waals surface area (Å²) < 4.78 is 2.29. The lowest BCUT2D eigenvalue weighted by Crippen LogP contribution is -2.35. The summed E-state index contributed by atoms with van der Waals surface area (Å²) in [7, 11) is 0. The first-order chi connectivity index (χ1) is 12.3. The molecule has 3 aromatic rings. The minimum atomic E-state index is 0.500. The van der Waals surface area contributed by atoms with E-state index in [1.807, 2.05) is 25.4 Å². The monoisotopic (exact) mass is 333 g/mol. The normalized spacial score (nSPS) is 15.5. The van der Waals surface area contributed by atoms with Crippen molar-refractivity contribution in [3.05, 3.63) is 72.1 Å². The van der Waals surface area contributed by atoms with Gasteiger partial charge in [-0.25, -0.2) is 15.0 Å². The van der Waals surface area contributed by atoms with Gasteiger partial charge in [0.25, 0.3) is 0 Å². The molecule has 0 saturated carbocycles. The molecule has 0 spiro atoms. The minimum absolute atomic E-state index is 0.500. The van der Waals surface area contributed by atoms with Crippen LogP contribution >= 0.6 is 0 Å². The van der Waals surface area contributed by atoms with Gasteiger partial charge in [-0.1, -0.05) is 30.3 Å². The van der Waals surface area contributed by atoms with Gasteiger partial charge in [0.1, 0.15) is 5.82 Å². The maximum Gasteiger partial charge on any atom is 0.225 e. The molecule has 0 unspecified atom stereocenters. The van der Waals surface area contributed by atoms with Crippen molar-refractivity contribution >= 4 is 5.95 Å². The molecule has 0 amide bonds. The Morgan fingerprint density at radius 1 is 1.00 bits per heavy atom. The third kappa shape index (κ3) is 3.55. The number of imidazole rings is 1. The van der Waals surface area contributed by atoms with E-state index in [2.05, 4.69) is 60.9 Å². The summed E-state index contributed by atoms with van der Waals surface area (Å²) in [5.41, 5.74) is 2.33. The second kappa shape index (κ2) is 7.05. The number of piperidine rings is 1. The van der Waals surface area contributed by atoms with Gasteiger partial charge in [-0.3, -0.25) is 0 Å². The SMILES string of the molecule is Cc1ccnc(N2CCC(c3nccn3Cc3ccccc3)CC2)n1. The van der Waals surface area contributed by atoms with Crippen molar-refractivity contribution in [3.63, 3.8) is 0 Å². The second-order valence-electron chi connectivity index (χ2n) is 6.66. The van der Waals surface area contributed by atoms with Crippen LogP contribution in [0.25, 0.3) is 0 Å². The second-order valence-corrected chi connectivity index (χ2v) is 6.66. The van der Waals surface area contributed by atoms with E-state index >= 15 is 0 Å². The topological polar surface area (TPSA) is 46.8 Å². The molecular weight excluding hydrogens is 310 g/mol. The quantitative estimate of drug-likeness (QED) is 0.734. The largest absolute Gasteiger partial charge is 0.341 e. The molecule has 3 heterocycles. The van der Waals surface area contributed by atoms with E-state index in [4.69, 9.17) is 0 Å². The summed E-state index contributed by atoms with van der Waals surface area (Å²) in [6, 6.07) is 12.5. The summed E-state index contributed by atoms with van der Waals surface area (Å²) in [5, 5.41) is 0. The van der Waals surface area contributed by atoms with Gasteiger partial charge in [-0.15, -0.1) is 0 Å². The number of rotatable bonds is 4. The number of hydrogen-bond donors (Lipinski definition) is 0. The van der Waals surface area contributed by atoms with Crippen LogP contribution in [0, 0.1) is 6.92 Å². The molecule has 0 aliphatic carbocycles. The summed E-state index contributed by atoms with van der Waals surface area (Å²) in [5.74, 6) is 2.56. The van der Waals surface area contributed by atoms with E-state index < -0.39 is 0 Å². The summed E-state index contributed by atoms with van der Waals surface area (Å²) in [6.07, 6.45) is 8.04. The lowest BCUT2D eigenvalue weighted by molar-refractivity contribution is 0.466. The Hall–Kier alpha value is -2.69. The highest BCUT2D eigenvalue weighted by Crippen LogP contribution is 2.28. The van der Waals surface area contributed by atoms with Gasteiger partial charge in [0, 0.05) is 49.8 Å². The van der Waals surface area contributed by atoms with E-state index in [1.54, 1.807) is 0 Å². The van der Waals surface area contributed by atoms with Crippen molar-refractivity contribution in [2.24, 2.45) is 0 Å². The van der Waals surface area contributed by atoms with E-state index in [-0.39, 0.29) is 0 Å². The Morgan fingerprint density at radius 3 is 2.56 bits per heavy atom. The van der Waals surface area contributed by atoms with Crippen LogP contribution in [0.5, 0.6) is 0 Å². The fraction of sp³-hybridized carbons (Fsp3) is 0.350. The van der Waals surface area contributed by atoms with Crippen molar-refractivity contribution in [2.75, 3.05) is 18.0 Å². The maximum absolute atomic E-state index is 4.66. The van der Waals surface area contributed by atoms with Crippen molar-refractivity contribution < 1.29 is 0 Å². The summed E-state index contributed by atoms with van der Waals surface area (Å²) in [6.45, 7) is 4.86. The molecule has 128 valence electrons. The molecule has 2 aromatic heterocycles. The zero-order chi connectivity index (χ0) is 17.1. The number of aromatic nitrogens is 4. The van der Waals surface area contributed by atoms with E-state index in [1.165, 1.54) is 11.4 Å². The van der Waals surface area contributed by atoms with E-state index in [0.29, 0.717) is 5.92 Å². The number of anilines is 1. The van der Waals surface area contributed by atoms with Gasteiger partial charge >= 0.3 is 0 Å². The Labute approximate surface area is 148 Å². The molecule has 1 aliphatic rings. The zero-order valence-corrected chi connectivity index (χ0v) is 14.5. The van der Waals surface area contributed by atoms with Crippen LogP contribution in [-0.4, -0.2) is 32.6 Å². The predicted octanol–water partition coefficient (Wildman–Crippen LogP) is 3.41. The summed E-state index contributed by atoms with van der Waals surface area (Å²) in [4.78, 5) is 15.9. The van der Waals surface area contributed by atoms with Crippen molar-refractivity contribution in [2.45, 2.75) is 32.2 Å². The highest BCUT2D eigenvalue weighted by atomic mass is 15.3. The first kappa shape index (κ1) is 15.8. The molecule has 0 N–H and O–H groups in total. The molecule has 1 aromatic carbocycles. The van der Waals surface area contributed by atoms with Crippen LogP contribution in [0.4, 0.5) is 5.95 Å². The highest BCUT2D eigenvalue weighted by molar-refractivity contribution is 5.31. The lowest BCUT2D eigenvalue weighted by Gasteiger charge is -2.32. The lowest BCUT2D eigenvalue weighted by atomic mass is 9.96. The molecule has 5 heteroatoms. The molecule has 0 atom stereocenters. The third-order valence-electron chi connectivity index (χ3n) is 4.87. The van der Waals surface area contributed by atoms with Crippen LogP contribution in [0.1, 0.15) is 35.8 Å². The van der Waals surface area contributed by atoms with Crippen molar-refractivity contribution in [1.82, 2.24) is 19.5 Å². The van der Waals surface area contributed by atoms with Crippen LogP contribution in [0.2, 0.25) is 0 Å². The average molecular weight is 333 g/mol.